The molecule has 0 saturated heterocycles. The fourth-order valence-electron chi connectivity index (χ4n) is 1.60. The predicted octanol–water partition coefficient (Wildman–Crippen LogP) is 5.03. The van der Waals surface area contributed by atoms with Gasteiger partial charge in [0.2, 0.25) is 0 Å². The SMILES string of the molecule is O=C(Nc1cc([N+](=O)[O-])ccc1Cl)c1cc(Br)cc(Br)c1. The summed E-state index contributed by atoms with van der Waals surface area (Å²) in [6, 6.07) is 8.90. The smallest absolute Gasteiger partial charge is 0.271 e. The number of nitro groups is 1. The van der Waals surface area contributed by atoms with Crippen LogP contribution < -0.4 is 5.32 Å². The van der Waals surface area contributed by atoms with Crippen molar-refractivity contribution in [2.45, 2.75) is 0 Å². The van der Waals surface area contributed by atoms with E-state index < -0.39 is 10.8 Å². The molecule has 2 aromatic carbocycles. The number of nitrogens with zero attached hydrogens (tertiary/aromatic N) is 1. The van der Waals surface area contributed by atoms with Crippen LogP contribution in [-0.2, 0) is 0 Å². The fraction of sp³-hybridized carbons (Fsp3) is 0. The first kappa shape index (κ1) is 15.9. The highest BCUT2D eigenvalue weighted by Crippen LogP contribution is 2.28. The van der Waals surface area contributed by atoms with E-state index in [-0.39, 0.29) is 16.4 Å². The Bertz CT molecular complexity index is 717. The van der Waals surface area contributed by atoms with Crippen molar-refractivity contribution in [3.05, 3.63) is 66.0 Å². The summed E-state index contributed by atoms with van der Waals surface area (Å²) in [6.45, 7) is 0. The number of amides is 1. The van der Waals surface area contributed by atoms with Crippen LogP contribution >= 0.6 is 43.5 Å². The summed E-state index contributed by atoms with van der Waals surface area (Å²) in [7, 11) is 0. The molecule has 0 radical (unpaired) electrons. The number of halogens is 3. The molecule has 1 amide bonds. The lowest BCUT2D eigenvalue weighted by atomic mass is 10.2. The molecular weight excluding hydrogens is 427 g/mol. The van der Waals surface area contributed by atoms with E-state index in [9.17, 15) is 14.9 Å². The average Bonchev–Trinajstić information content (AvgIpc) is 2.39. The first-order valence-electron chi connectivity index (χ1n) is 5.58. The van der Waals surface area contributed by atoms with Crippen molar-refractivity contribution in [3.63, 3.8) is 0 Å². The summed E-state index contributed by atoms with van der Waals surface area (Å²) in [6.07, 6.45) is 0. The van der Waals surface area contributed by atoms with Crippen molar-refractivity contribution in [3.8, 4) is 0 Å². The summed E-state index contributed by atoms with van der Waals surface area (Å²) in [5.74, 6) is -0.417. The third kappa shape index (κ3) is 4.03. The third-order valence-corrected chi connectivity index (χ3v) is 3.78. The van der Waals surface area contributed by atoms with Gasteiger partial charge in [-0.15, -0.1) is 0 Å². The maximum Gasteiger partial charge on any atom is 0.271 e. The van der Waals surface area contributed by atoms with Crippen molar-refractivity contribution >= 4 is 60.7 Å². The van der Waals surface area contributed by atoms with Gasteiger partial charge in [0.05, 0.1) is 15.6 Å². The van der Waals surface area contributed by atoms with E-state index in [1.165, 1.54) is 18.2 Å². The number of carbonyl (C=O) groups excluding carboxylic acids is 1. The standard InChI is InChI=1S/C13H7Br2ClN2O3/c14-8-3-7(4-9(15)5-8)13(19)17-12-6-10(18(20)21)1-2-11(12)16/h1-6H,(H,17,19). The number of nitro benzene ring substituents is 1. The van der Waals surface area contributed by atoms with Crippen LogP contribution in [0.2, 0.25) is 5.02 Å². The Labute approximate surface area is 141 Å². The highest BCUT2D eigenvalue weighted by Gasteiger charge is 2.14. The molecule has 0 saturated carbocycles. The molecule has 0 unspecified atom stereocenters. The Morgan fingerprint density at radius 2 is 1.76 bits per heavy atom. The summed E-state index contributed by atoms with van der Waals surface area (Å²) in [5, 5.41) is 13.5. The van der Waals surface area contributed by atoms with Gasteiger partial charge in [0, 0.05) is 26.6 Å². The second-order valence-corrected chi connectivity index (χ2v) is 6.27. The van der Waals surface area contributed by atoms with Gasteiger partial charge in [-0.3, -0.25) is 14.9 Å². The van der Waals surface area contributed by atoms with Crippen molar-refractivity contribution < 1.29 is 9.72 Å². The third-order valence-electron chi connectivity index (χ3n) is 2.53. The van der Waals surface area contributed by atoms with Crippen molar-refractivity contribution in [2.75, 3.05) is 5.32 Å². The van der Waals surface area contributed by atoms with Crippen LogP contribution in [0.5, 0.6) is 0 Å². The summed E-state index contributed by atoms with van der Waals surface area (Å²) in [5.41, 5.74) is 0.427. The van der Waals surface area contributed by atoms with Crippen molar-refractivity contribution in [2.24, 2.45) is 0 Å². The van der Waals surface area contributed by atoms with Gasteiger partial charge in [0.1, 0.15) is 0 Å². The molecule has 0 bridgehead atoms. The highest BCUT2D eigenvalue weighted by molar-refractivity contribution is 9.11. The van der Waals surface area contributed by atoms with E-state index in [2.05, 4.69) is 37.2 Å². The molecule has 108 valence electrons. The zero-order valence-corrected chi connectivity index (χ0v) is 14.2. The van der Waals surface area contributed by atoms with Crippen LogP contribution in [-0.4, -0.2) is 10.8 Å². The van der Waals surface area contributed by atoms with E-state index in [0.29, 0.717) is 5.56 Å². The molecule has 0 aliphatic heterocycles. The zero-order chi connectivity index (χ0) is 15.6. The van der Waals surface area contributed by atoms with E-state index in [1.54, 1.807) is 18.2 Å². The second kappa shape index (κ2) is 6.55. The Morgan fingerprint density at radius 1 is 1.14 bits per heavy atom. The van der Waals surface area contributed by atoms with Gasteiger partial charge in [0.15, 0.2) is 0 Å². The molecule has 8 heteroatoms. The predicted molar refractivity (Wildman–Crippen MR) is 87.9 cm³/mol. The van der Waals surface area contributed by atoms with Crippen molar-refractivity contribution in [1.29, 1.82) is 0 Å². The topological polar surface area (TPSA) is 72.2 Å². The van der Waals surface area contributed by atoms with Crippen LogP contribution in [0, 0.1) is 10.1 Å². The lowest BCUT2D eigenvalue weighted by molar-refractivity contribution is -0.384. The summed E-state index contributed by atoms with van der Waals surface area (Å²) < 4.78 is 1.46. The van der Waals surface area contributed by atoms with Crippen LogP contribution in [0.15, 0.2) is 45.3 Å². The Balaban J connectivity index is 2.31. The Kier molecular flexibility index (Phi) is 4.97. The van der Waals surface area contributed by atoms with Gasteiger partial charge in [-0.2, -0.15) is 0 Å². The maximum atomic E-state index is 12.2. The number of nitrogens with one attached hydrogen (secondary N) is 1. The molecule has 2 rings (SSSR count). The van der Waals surface area contributed by atoms with Gasteiger partial charge < -0.3 is 5.32 Å². The highest BCUT2D eigenvalue weighted by atomic mass is 79.9. The normalized spacial score (nSPS) is 10.2. The number of hydrogen-bond acceptors (Lipinski definition) is 3. The molecule has 0 heterocycles. The van der Waals surface area contributed by atoms with E-state index in [1.807, 2.05) is 0 Å². The molecular formula is C13H7Br2ClN2O3. The molecule has 0 aliphatic carbocycles. The molecule has 0 spiro atoms. The van der Waals surface area contributed by atoms with Gasteiger partial charge in [-0.25, -0.2) is 0 Å². The van der Waals surface area contributed by atoms with Gasteiger partial charge >= 0.3 is 0 Å². The monoisotopic (exact) mass is 432 g/mol. The Hall–Kier alpha value is -1.44. The minimum absolute atomic E-state index is 0.148. The molecule has 1 N–H and O–H groups in total. The fourth-order valence-corrected chi connectivity index (χ4v) is 3.06. The number of benzene rings is 2. The lowest BCUT2D eigenvalue weighted by Gasteiger charge is -2.08. The Morgan fingerprint density at radius 3 is 2.33 bits per heavy atom. The summed E-state index contributed by atoms with van der Waals surface area (Å²) >= 11 is 12.5. The number of carbonyl (C=O) groups is 1. The van der Waals surface area contributed by atoms with E-state index in [4.69, 9.17) is 11.6 Å². The van der Waals surface area contributed by atoms with Crippen LogP contribution in [0.4, 0.5) is 11.4 Å². The second-order valence-electron chi connectivity index (χ2n) is 4.03. The molecule has 0 aliphatic rings. The number of rotatable bonds is 3. The quantitative estimate of drug-likeness (QED) is 0.544. The largest absolute Gasteiger partial charge is 0.320 e. The van der Waals surface area contributed by atoms with Gasteiger partial charge in [0.25, 0.3) is 11.6 Å². The van der Waals surface area contributed by atoms with E-state index >= 15 is 0 Å². The maximum absolute atomic E-state index is 12.2. The molecule has 0 fully saturated rings. The first-order chi connectivity index (χ1) is 9.86. The van der Waals surface area contributed by atoms with Crippen LogP contribution in [0.25, 0.3) is 0 Å². The summed E-state index contributed by atoms with van der Waals surface area (Å²) in [4.78, 5) is 22.4. The first-order valence-corrected chi connectivity index (χ1v) is 7.54. The number of hydrogen-bond donors (Lipinski definition) is 1. The number of anilines is 1. The van der Waals surface area contributed by atoms with E-state index in [0.717, 1.165) is 8.95 Å². The lowest BCUT2D eigenvalue weighted by Crippen LogP contribution is -2.12. The van der Waals surface area contributed by atoms with Crippen LogP contribution in [0.1, 0.15) is 10.4 Å². The van der Waals surface area contributed by atoms with Crippen LogP contribution in [0.3, 0.4) is 0 Å². The number of non-ortho nitro benzene ring substituents is 1. The zero-order valence-electron chi connectivity index (χ0n) is 10.3. The molecule has 2 aromatic rings. The molecule has 0 atom stereocenters. The average molecular weight is 434 g/mol. The van der Waals surface area contributed by atoms with Gasteiger partial charge in [-0.1, -0.05) is 43.5 Å². The van der Waals surface area contributed by atoms with Gasteiger partial charge in [-0.05, 0) is 24.3 Å². The van der Waals surface area contributed by atoms with Crippen molar-refractivity contribution in [1.82, 2.24) is 0 Å². The molecule has 0 aromatic heterocycles. The molecule has 5 nitrogen and oxygen atoms in total. The molecule has 21 heavy (non-hydrogen) atoms. The minimum atomic E-state index is -0.554. The minimum Gasteiger partial charge on any atom is -0.320 e.